The summed E-state index contributed by atoms with van der Waals surface area (Å²) < 4.78 is 6.07. The first-order valence-electron chi connectivity index (χ1n) is 6.06. The van der Waals surface area contributed by atoms with E-state index in [4.69, 9.17) is 4.74 Å². The average molecular weight is 208 g/mol. The zero-order valence-corrected chi connectivity index (χ0v) is 10.2. The van der Waals surface area contributed by atoms with E-state index in [-0.39, 0.29) is 5.41 Å². The highest BCUT2D eigenvalue weighted by Crippen LogP contribution is 2.42. The third kappa shape index (κ3) is 2.94. The second-order valence-corrected chi connectivity index (χ2v) is 4.83. The van der Waals surface area contributed by atoms with E-state index in [0.29, 0.717) is 12.2 Å². The van der Waals surface area contributed by atoms with Gasteiger partial charge in [0.1, 0.15) is 0 Å². The van der Waals surface area contributed by atoms with Crippen molar-refractivity contribution in [3.63, 3.8) is 0 Å². The summed E-state index contributed by atoms with van der Waals surface area (Å²) >= 11 is 0. The van der Waals surface area contributed by atoms with Crippen LogP contribution in [0.15, 0.2) is 25.3 Å². The Kier molecular flexibility index (Phi) is 4.59. The fourth-order valence-corrected chi connectivity index (χ4v) is 2.38. The van der Waals surface area contributed by atoms with Crippen LogP contribution < -0.4 is 0 Å². The smallest absolute Gasteiger partial charge is 0.0667 e. The molecule has 0 radical (unpaired) electrons. The minimum absolute atomic E-state index is 0.169. The number of hydrogen-bond acceptors (Lipinski definition) is 1. The van der Waals surface area contributed by atoms with Crippen LogP contribution in [0.2, 0.25) is 0 Å². The van der Waals surface area contributed by atoms with Crippen LogP contribution in [0.4, 0.5) is 0 Å². The second kappa shape index (κ2) is 5.50. The highest BCUT2D eigenvalue weighted by Gasteiger charge is 2.41. The van der Waals surface area contributed by atoms with Crippen molar-refractivity contribution in [1.82, 2.24) is 0 Å². The largest absolute Gasteiger partial charge is 0.374 e. The molecule has 1 heterocycles. The monoisotopic (exact) mass is 208 g/mol. The Morgan fingerprint density at radius 3 is 2.73 bits per heavy atom. The Morgan fingerprint density at radius 2 is 2.20 bits per heavy atom. The summed E-state index contributed by atoms with van der Waals surface area (Å²) in [7, 11) is 0. The first-order valence-corrected chi connectivity index (χ1v) is 6.06. The SMILES string of the molecule is C=CC[C@@H]1C[C@](C)(C=C)[C@@H](CCCC)O1. The molecule has 3 atom stereocenters. The molecule has 1 heteroatoms. The second-order valence-electron chi connectivity index (χ2n) is 4.83. The molecule has 1 saturated heterocycles. The standard InChI is InChI=1S/C14H24O/c1-5-8-10-13-14(4,7-3)11-12(15-13)9-6-2/h6-7,12-13H,2-3,5,8-11H2,1,4H3/t12-,13-,14+/m1/s1. The molecule has 0 aliphatic carbocycles. The zero-order valence-electron chi connectivity index (χ0n) is 10.2. The fourth-order valence-electron chi connectivity index (χ4n) is 2.38. The van der Waals surface area contributed by atoms with Crippen LogP contribution in [0, 0.1) is 5.41 Å². The number of hydrogen-bond donors (Lipinski definition) is 0. The molecule has 0 aromatic heterocycles. The lowest BCUT2D eigenvalue weighted by Crippen LogP contribution is -2.25. The van der Waals surface area contributed by atoms with Gasteiger partial charge in [0.15, 0.2) is 0 Å². The minimum atomic E-state index is 0.169. The van der Waals surface area contributed by atoms with E-state index in [1.807, 2.05) is 6.08 Å². The Balaban J connectivity index is 2.59. The van der Waals surface area contributed by atoms with Gasteiger partial charge in [0.2, 0.25) is 0 Å². The third-order valence-corrected chi connectivity index (χ3v) is 3.48. The zero-order chi connectivity index (χ0) is 11.3. The van der Waals surface area contributed by atoms with Gasteiger partial charge in [-0.05, 0) is 19.3 Å². The number of rotatable bonds is 6. The van der Waals surface area contributed by atoms with E-state index in [9.17, 15) is 0 Å². The molecule has 1 aliphatic heterocycles. The van der Waals surface area contributed by atoms with Crippen LogP contribution in [-0.4, -0.2) is 12.2 Å². The first-order chi connectivity index (χ1) is 7.16. The van der Waals surface area contributed by atoms with E-state index in [2.05, 4.69) is 33.1 Å². The summed E-state index contributed by atoms with van der Waals surface area (Å²) in [5.41, 5.74) is 0.169. The molecule has 1 fully saturated rings. The molecule has 0 aromatic carbocycles. The van der Waals surface area contributed by atoms with Crippen LogP contribution in [0.1, 0.15) is 46.0 Å². The maximum atomic E-state index is 6.07. The van der Waals surface area contributed by atoms with Crippen LogP contribution in [0.5, 0.6) is 0 Å². The fraction of sp³-hybridized carbons (Fsp3) is 0.714. The summed E-state index contributed by atoms with van der Waals surface area (Å²) in [6.45, 7) is 12.2. The molecule has 15 heavy (non-hydrogen) atoms. The normalized spacial score (nSPS) is 35.3. The van der Waals surface area contributed by atoms with Crippen LogP contribution in [-0.2, 0) is 4.74 Å². The van der Waals surface area contributed by atoms with Gasteiger partial charge >= 0.3 is 0 Å². The molecule has 0 aromatic rings. The molecule has 1 rings (SSSR count). The van der Waals surface area contributed by atoms with Crippen LogP contribution in [0.25, 0.3) is 0 Å². The lowest BCUT2D eigenvalue weighted by atomic mass is 9.80. The predicted molar refractivity (Wildman–Crippen MR) is 65.9 cm³/mol. The van der Waals surface area contributed by atoms with Crippen molar-refractivity contribution >= 4 is 0 Å². The van der Waals surface area contributed by atoms with E-state index in [1.165, 1.54) is 12.8 Å². The van der Waals surface area contributed by atoms with Crippen molar-refractivity contribution in [3.8, 4) is 0 Å². The quantitative estimate of drug-likeness (QED) is 0.597. The third-order valence-electron chi connectivity index (χ3n) is 3.48. The van der Waals surface area contributed by atoms with Crippen molar-refractivity contribution in [2.45, 2.75) is 58.2 Å². The number of ether oxygens (including phenoxy) is 1. The molecule has 0 bridgehead atoms. The van der Waals surface area contributed by atoms with Crippen molar-refractivity contribution in [1.29, 1.82) is 0 Å². The molecule has 86 valence electrons. The summed E-state index contributed by atoms with van der Waals surface area (Å²) in [6.07, 6.45) is 10.4. The van der Waals surface area contributed by atoms with Crippen LogP contribution >= 0.6 is 0 Å². The topological polar surface area (TPSA) is 9.23 Å². The van der Waals surface area contributed by atoms with E-state index >= 15 is 0 Å². The van der Waals surface area contributed by atoms with Crippen LogP contribution in [0.3, 0.4) is 0 Å². The average Bonchev–Trinajstić information content (AvgIpc) is 2.54. The Labute approximate surface area is 94.2 Å². The summed E-state index contributed by atoms with van der Waals surface area (Å²) in [4.78, 5) is 0. The van der Waals surface area contributed by atoms with Gasteiger partial charge in [0.25, 0.3) is 0 Å². The van der Waals surface area contributed by atoms with Gasteiger partial charge < -0.3 is 4.74 Å². The molecule has 1 nitrogen and oxygen atoms in total. The van der Waals surface area contributed by atoms with E-state index in [1.54, 1.807) is 0 Å². The summed E-state index contributed by atoms with van der Waals surface area (Å²) in [5.74, 6) is 0. The van der Waals surface area contributed by atoms with E-state index in [0.717, 1.165) is 19.3 Å². The lowest BCUT2D eigenvalue weighted by Gasteiger charge is -2.25. The highest BCUT2D eigenvalue weighted by molar-refractivity contribution is 5.03. The Hall–Kier alpha value is -0.560. The van der Waals surface area contributed by atoms with E-state index < -0.39 is 0 Å². The summed E-state index contributed by atoms with van der Waals surface area (Å²) in [6, 6.07) is 0. The van der Waals surface area contributed by atoms with Gasteiger partial charge in [-0.3, -0.25) is 0 Å². The minimum Gasteiger partial charge on any atom is -0.374 e. The molecule has 0 saturated carbocycles. The maximum Gasteiger partial charge on any atom is 0.0667 e. The highest BCUT2D eigenvalue weighted by atomic mass is 16.5. The van der Waals surface area contributed by atoms with Gasteiger partial charge in [-0.1, -0.05) is 38.8 Å². The Bertz CT molecular complexity index is 221. The van der Waals surface area contributed by atoms with Gasteiger partial charge in [-0.15, -0.1) is 13.2 Å². The van der Waals surface area contributed by atoms with Crippen molar-refractivity contribution in [2.75, 3.05) is 0 Å². The molecule has 0 N–H and O–H groups in total. The molecular formula is C14H24O. The van der Waals surface area contributed by atoms with Gasteiger partial charge in [-0.25, -0.2) is 0 Å². The van der Waals surface area contributed by atoms with Crippen molar-refractivity contribution in [3.05, 3.63) is 25.3 Å². The van der Waals surface area contributed by atoms with Gasteiger partial charge in [0.05, 0.1) is 12.2 Å². The molecule has 0 spiro atoms. The Morgan fingerprint density at radius 1 is 1.47 bits per heavy atom. The first kappa shape index (κ1) is 12.5. The lowest BCUT2D eigenvalue weighted by molar-refractivity contribution is 0.0205. The molecule has 0 unspecified atom stereocenters. The molecular weight excluding hydrogens is 184 g/mol. The van der Waals surface area contributed by atoms with Crippen molar-refractivity contribution < 1.29 is 4.74 Å². The van der Waals surface area contributed by atoms with Gasteiger partial charge in [0, 0.05) is 5.41 Å². The van der Waals surface area contributed by atoms with Gasteiger partial charge in [-0.2, -0.15) is 0 Å². The summed E-state index contributed by atoms with van der Waals surface area (Å²) in [5, 5.41) is 0. The van der Waals surface area contributed by atoms with Crippen molar-refractivity contribution in [2.24, 2.45) is 5.41 Å². The number of unbranched alkanes of at least 4 members (excludes halogenated alkanes) is 1. The maximum absolute atomic E-state index is 6.07. The molecule has 0 amide bonds. The predicted octanol–water partition coefficient (Wildman–Crippen LogP) is 4.10. The molecule has 1 aliphatic rings.